The van der Waals surface area contributed by atoms with Crippen LogP contribution in [0.4, 0.5) is 4.39 Å². The topological polar surface area (TPSA) is 20.2 Å². The molecule has 0 heterocycles. The van der Waals surface area contributed by atoms with E-state index in [1.165, 1.54) is 0 Å². The van der Waals surface area contributed by atoms with Crippen molar-refractivity contribution in [3.63, 3.8) is 0 Å². The normalized spacial score (nSPS) is 18.4. The van der Waals surface area contributed by atoms with Crippen molar-refractivity contribution in [2.24, 2.45) is 0 Å². The van der Waals surface area contributed by atoms with Gasteiger partial charge in [-0.15, -0.1) is 0 Å². The highest BCUT2D eigenvalue weighted by Crippen LogP contribution is 2.43. The number of aliphatic hydroxyl groups is 1. The van der Waals surface area contributed by atoms with Gasteiger partial charge in [-0.2, -0.15) is 0 Å². The molecule has 1 atom stereocenters. The summed E-state index contributed by atoms with van der Waals surface area (Å²) in [5, 5.41) is 9.85. The first kappa shape index (κ1) is 10.2. The van der Waals surface area contributed by atoms with Gasteiger partial charge in [0, 0.05) is 5.57 Å². The largest absolute Gasteiger partial charge is 0.381 e. The Morgan fingerprint density at radius 1 is 0.882 bits per heavy atom. The zero-order chi connectivity index (χ0) is 11.8. The summed E-state index contributed by atoms with van der Waals surface area (Å²) in [6, 6.07) is 16.6. The van der Waals surface area contributed by atoms with Crippen LogP contribution in [-0.2, 0) is 0 Å². The molecule has 1 aliphatic carbocycles. The van der Waals surface area contributed by atoms with Crippen LogP contribution in [0.3, 0.4) is 0 Å². The third-order valence-corrected chi connectivity index (χ3v) is 3.07. The lowest BCUT2D eigenvalue weighted by molar-refractivity contribution is 0.191. The Morgan fingerprint density at radius 2 is 1.53 bits per heavy atom. The molecule has 0 amide bonds. The lowest BCUT2D eigenvalue weighted by Gasteiger charge is -2.04. The van der Waals surface area contributed by atoms with Gasteiger partial charge in [-0.1, -0.05) is 54.6 Å². The second-order valence-corrected chi connectivity index (χ2v) is 4.08. The molecule has 0 saturated carbocycles. The molecule has 0 aromatic heterocycles. The first-order valence-corrected chi connectivity index (χ1v) is 5.51. The van der Waals surface area contributed by atoms with Crippen LogP contribution in [0, 0.1) is 0 Å². The highest BCUT2D eigenvalue weighted by Gasteiger charge is 2.30. The average Bonchev–Trinajstić information content (AvgIpc) is 2.64. The van der Waals surface area contributed by atoms with Crippen molar-refractivity contribution in [3.05, 3.63) is 77.1 Å². The van der Waals surface area contributed by atoms with Gasteiger partial charge in [0.25, 0.3) is 0 Å². The SMILES string of the molecule is OC1C(F)=C(c2ccccc2)c2ccccc21. The summed E-state index contributed by atoms with van der Waals surface area (Å²) in [5.74, 6) is -0.461. The Labute approximate surface area is 98.8 Å². The van der Waals surface area contributed by atoms with Crippen molar-refractivity contribution in [1.82, 2.24) is 0 Å². The fourth-order valence-corrected chi connectivity index (χ4v) is 2.26. The first-order valence-electron chi connectivity index (χ1n) is 5.51. The van der Waals surface area contributed by atoms with Crippen LogP contribution in [0.1, 0.15) is 22.8 Å². The predicted molar refractivity (Wildman–Crippen MR) is 65.0 cm³/mol. The van der Waals surface area contributed by atoms with Crippen LogP contribution in [-0.4, -0.2) is 5.11 Å². The van der Waals surface area contributed by atoms with E-state index in [2.05, 4.69) is 0 Å². The van der Waals surface area contributed by atoms with Gasteiger partial charge in [0.2, 0.25) is 0 Å². The standard InChI is InChI=1S/C15H11FO/c16-14-13(10-6-2-1-3-7-10)11-8-4-5-9-12(11)15(14)17/h1-9,15,17H. The molecule has 0 radical (unpaired) electrons. The molecule has 0 saturated heterocycles. The van der Waals surface area contributed by atoms with Crippen LogP contribution in [0.25, 0.3) is 5.57 Å². The Hall–Kier alpha value is -1.93. The molecule has 0 bridgehead atoms. The van der Waals surface area contributed by atoms with E-state index >= 15 is 0 Å². The zero-order valence-corrected chi connectivity index (χ0v) is 9.10. The highest BCUT2D eigenvalue weighted by molar-refractivity contribution is 5.86. The van der Waals surface area contributed by atoms with Gasteiger partial charge in [0.05, 0.1) is 0 Å². The summed E-state index contributed by atoms with van der Waals surface area (Å²) < 4.78 is 14.1. The van der Waals surface area contributed by atoms with Gasteiger partial charge < -0.3 is 5.11 Å². The molecule has 0 aliphatic heterocycles. The van der Waals surface area contributed by atoms with Gasteiger partial charge >= 0.3 is 0 Å². The van der Waals surface area contributed by atoms with Crippen molar-refractivity contribution < 1.29 is 9.50 Å². The highest BCUT2D eigenvalue weighted by atomic mass is 19.1. The predicted octanol–water partition coefficient (Wildman–Crippen LogP) is 3.46. The molecular weight excluding hydrogens is 215 g/mol. The summed E-state index contributed by atoms with van der Waals surface area (Å²) in [5.41, 5.74) is 2.73. The Balaban J connectivity index is 2.23. The number of halogens is 1. The van der Waals surface area contributed by atoms with Crippen LogP contribution < -0.4 is 0 Å². The molecule has 1 unspecified atom stereocenters. The van der Waals surface area contributed by atoms with Gasteiger partial charge in [-0.3, -0.25) is 0 Å². The Kier molecular flexibility index (Phi) is 2.30. The van der Waals surface area contributed by atoms with E-state index < -0.39 is 11.9 Å². The summed E-state index contributed by atoms with van der Waals surface area (Å²) in [7, 11) is 0. The molecule has 17 heavy (non-hydrogen) atoms. The third kappa shape index (κ3) is 1.49. The number of hydrogen-bond donors (Lipinski definition) is 1. The summed E-state index contributed by atoms with van der Waals surface area (Å²) in [6.45, 7) is 0. The van der Waals surface area contributed by atoms with E-state index in [1.54, 1.807) is 6.07 Å². The minimum Gasteiger partial charge on any atom is -0.381 e. The molecule has 3 rings (SSSR count). The van der Waals surface area contributed by atoms with Crippen molar-refractivity contribution >= 4 is 5.57 Å². The zero-order valence-electron chi connectivity index (χ0n) is 9.10. The van der Waals surface area contributed by atoms with Crippen LogP contribution in [0.5, 0.6) is 0 Å². The van der Waals surface area contributed by atoms with Crippen molar-refractivity contribution in [1.29, 1.82) is 0 Å². The maximum atomic E-state index is 14.1. The summed E-state index contributed by atoms with van der Waals surface area (Å²) in [6.07, 6.45) is -1.12. The molecule has 1 nitrogen and oxygen atoms in total. The van der Waals surface area contributed by atoms with Crippen molar-refractivity contribution in [3.8, 4) is 0 Å². The van der Waals surface area contributed by atoms with E-state index in [4.69, 9.17) is 0 Å². The quantitative estimate of drug-likeness (QED) is 0.789. The minimum absolute atomic E-state index is 0.461. The van der Waals surface area contributed by atoms with Crippen molar-refractivity contribution in [2.75, 3.05) is 0 Å². The van der Waals surface area contributed by atoms with Gasteiger partial charge in [-0.05, 0) is 16.7 Å². The fourth-order valence-electron chi connectivity index (χ4n) is 2.26. The maximum absolute atomic E-state index is 14.1. The molecule has 84 valence electrons. The number of hydrogen-bond acceptors (Lipinski definition) is 1. The first-order chi connectivity index (χ1) is 8.29. The Morgan fingerprint density at radius 3 is 2.29 bits per heavy atom. The molecule has 0 spiro atoms. The van der Waals surface area contributed by atoms with Crippen LogP contribution >= 0.6 is 0 Å². The van der Waals surface area contributed by atoms with E-state index in [-0.39, 0.29) is 0 Å². The van der Waals surface area contributed by atoms with Crippen LogP contribution in [0.2, 0.25) is 0 Å². The third-order valence-electron chi connectivity index (χ3n) is 3.07. The molecule has 0 fully saturated rings. The molecule has 2 heteroatoms. The molecule has 2 aromatic carbocycles. The molecular formula is C15H11FO. The van der Waals surface area contributed by atoms with E-state index in [9.17, 15) is 9.50 Å². The number of benzene rings is 2. The summed E-state index contributed by atoms with van der Waals surface area (Å²) >= 11 is 0. The lowest BCUT2D eigenvalue weighted by atomic mass is 9.99. The maximum Gasteiger partial charge on any atom is 0.141 e. The van der Waals surface area contributed by atoms with E-state index in [1.807, 2.05) is 48.5 Å². The summed E-state index contributed by atoms with van der Waals surface area (Å²) in [4.78, 5) is 0. The van der Waals surface area contributed by atoms with Gasteiger partial charge in [-0.25, -0.2) is 4.39 Å². The molecule has 2 aromatic rings. The minimum atomic E-state index is -1.12. The molecule has 1 N–H and O–H groups in total. The number of aliphatic hydroxyl groups excluding tert-OH is 1. The Bertz CT molecular complexity index is 587. The van der Waals surface area contributed by atoms with E-state index in [0.717, 1.165) is 11.1 Å². The number of rotatable bonds is 1. The van der Waals surface area contributed by atoms with Crippen molar-refractivity contribution in [2.45, 2.75) is 6.10 Å². The monoisotopic (exact) mass is 226 g/mol. The van der Waals surface area contributed by atoms with Gasteiger partial charge in [0.1, 0.15) is 11.9 Å². The second kappa shape index (κ2) is 3.82. The molecule has 1 aliphatic rings. The number of fused-ring (bicyclic) bond motifs is 1. The van der Waals surface area contributed by atoms with Gasteiger partial charge in [0.15, 0.2) is 0 Å². The second-order valence-electron chi connectivity index (χ2n) is 4.08. The average molecular weight is 226 g/mol. The van der Waals surface area contributed by atoms with E-state index in [0.29, 0.717) is 11.1 Å². The van der Waals surface area contributed by atoms with Crippen LogP contribution in [0.15, 0.2) is 60.4 Å². The lowest BCUT2D eigenvalue weighted by Crippen LogP contribution is -1.92. The fraction of sp³-hybridized carbons (Fsp3) is 0.0667. The smallest absolute Gasteiger partial charge is 0.141 e.